The summed E-state index contributed by atoms with van der Waals surface area (Å²) < 4.78 is 13.1. The van der Waals surface area contributed by atoms with Crippen molar-refractivity contribution in [1.29, 1.82) is 0 Å². The van der Waals surface area contributed by atoms with Crippen molar-refractivity contribution >= 4 is 5.91 Å². The van der Waals surface area contributed by atoms with Crippen molar-refractivity contribution in [3.05, 3.63) is 125 Å². The van der Waals surface area contributed by atoms with Crippen LogP contribution in [0.1, 0.15) is 53.7 Å². The van der Waals surface area contributed by atoms with Gasteiger partial charge < -0.3 is 24.8 Å². The Bertz CT molecular complexity index is 1430. The summed E-state index contributed by atoms with van der Waals surface area (Å²) in [7, 11) is 2.12. The molecule has 1 aliphatic heterocycles. The van der Waals surface area contributed by atoms with Crippen molar-refractivity contribution in [1.82, 2.24) is 15.2 Å². The van der Waals surface area contributed by atoms with Crippen molar-refractivity contribution < 1.29 is 19.4 Å². The number of pyridine rings is 1. The van der Waals surface area contributed by atoms with Crippen LogP contribution >= 0.6 is 0 Å². The highest BCUT2D eigenvalue weighted by Crippen LogP contribution is 2.38. The summed E-state index contributed by atoms with van der Waals surface area (Å²) in [6, 6.07) is 30.5. The van der Waals surface area contributed by atoms with Crippen LogP contribution < -0.4 is 5.32 Å². The van der Waals surface area contributed by atoms with E-state index < -0.39 is 6.29 Å². The molecular formula is C35H39N3O4. The van der Waals surface area contributed by atoms with Gasteiger partial charge in [-0.15, -0.1) is 0 Å². The zero-order chi connectivity index (χ0) is 29.3. The van der Waals surface area contributed by atoms with Gasteiger partial charge in [-0.1, -0.05) is 72.8 Å². The van der Waals surface area contributed by atoms with Gasteiger partial charge in [0.15, 0.2) is 6.29 Å². The first-order valence-corrected chi connectivity index (χ1v) is 14.5. The standard InChI is InChI=1S/C35H39N3O4/c1-25(40)37-22-27-6-5-7-31(20-27)28-13-15-30(16-14-28)35-41-33(23-38(2)19-17-32-8-3-4-18-36-32)21-34(42-35)29-11-9-26(24-39)10-12-29/h3-16,18,20,33-35,39H,17,19,21-24H2,1-2H3,(H,37,40)/t33-,34+,35+/m1/s1. The second kappa shape index (κ2) is 14.3. The second-order valence-corrected chi connectivity index (χ2v) is 10.9. The normalized spacial score (nSPS) is 18.6. The summed E-state index contributed by atoms with van der Waals surface area (Å²) in [4.78, 5) is 18.1. The fourth-order valence-electron chi connectivity index (χ4n) is 5.24. The quantitative estimate of drug-likeness (QED) is 0.247. The minimum atomic E-state index is -0.504. The molecule has 0 saturated carbocycles. The van der Waals surface area contributed by atoms with Crippen LogP contribution in [0.2, 0.25) is 0 Å². The van der Waals surface area contributed by atoms with E-state index in [0.29, 0.717) is 6.54 Å². The molecule has 0 radical (unpaired) electrons. The van der Waals surface area contributed by atoms with Crippen molar-refractivity contribution in [3.63, 3.8) is 0 Å². The van der Waals surface area contributed by atoms with Crippen LogP contribution in [0, 0.1) is 0 Å². The molecule has 0 unspecified atom stereocenters. The van der Waals surface area contributed by atoms with Crippen LogP contribution in [0.5, 0.6) is 0 Å². The summed E-state index contributed by atoms with van der Waals surface area (Å²) in [5.41, 5.74) is 7.23. The van der Waals surface area contributed by atoms with E-state index in [0.717, 1.165) is 65.0 Å². The lowest BCUT2D eigenvalue weighted by molar-refractivity contribution is -0.252. The highest BCUT2D eigenvalue weighted by molar-refractivity contribution is 5.73. The Balaban J connectivity index is 1.30. The number of rotatable bonds is 11. The van der Waals surface area contributed by atoms with E-state index in [2.05, 4.69) is 64.7 Å². The number of ether oxygens (including phenoxy) is 2. The number of carbonyl (C=O) groups excluding carboxylic acids is 1. The van der Waals surface area contributed by atoms with E-state index in [1.54, 1.807) is 0 Å². The van der Waals surface area contributed by atoms with Crippen LogP contribution in [-0.4, -0.2) is 47.1 Å². The van der Waals surface area contributed by atoms with E-state index in [1.165, 1.54) is 6.92 Å². The fraction of sp³-hybridized carbons (Fsp3) is 0.314. The van der Waals surface area contributed by atoms with E-state index >= 15 is 0 Å². The molecule has 1 amide bonds. The number of benzene rings is 3. The molecule has 5 rings (SSSR count). The topological polar surface area (TPSA) is 83.9 Å². The number of aromatic nitrogens is 1. The number of carbonyl (C=O) groups is 1. The number of aliphatic hydroxyl groups excluding tert-OH is 1. The third kappa shape index (κ3) is 8.11. The number of hydrogen-bond acceptors (Lipinski definition) is 6. The SMILES string of the molecule is CC(=O)NCc1cccc(-c2ccc([C@H]3O[C@@H](CN(C)CCc4ccccn4)C[C@@H](c4ccc(CO)cc4)O3)cc2)c1. The molecule has 3 aromatic carbocycles. The maximum Gasteiger partial charge on any atom is 0.217 e. The third-order valence-electron chi connectivity index (χ3n) is 7.59. The van der Waals surface area contributed by atoms with Gasteiger partial charge in [0.2, 0.25) is 5.91 Å². The first kappa shape index (κ1) is 29.6. The van der Waals surface area contributed by atoms with Crippen LogP contribution in [-0.2, 0) is 33.8 Å². The fourth-order valence-corrected chi connectivity index (χ4v) is 5.24. The van der Waals surface area contributed by atoms with E-state index in [9.17, 15) is 9.90 Å². The summed E-state index contributed by atoms with van der Waals surface area (Å²) >= 11 is 0. The summed E-state index contributed by atoms with van der Waals surface area (Å²) in [5, 5.41) is 12.4. The Labute approximate surface area is 248 Å². The average Bonchev–Trinajstić information content (AvgIpc) is 3.03. The molecule has 2 N–H and O–H groups in total. The lowest BCUT2D eigenvalue weighted by Crippen LogP contribution is -2.38. The van der Waals surface area contributed by atoms with Gasteiger partial charge in [-0.3, -0.25) is 9.78 Å². The molecule has 4 aromatic rings. The third-order valence-corrected chi connectivity index (χ3v) is 7.59. The minimum absolute atomic E-state index is 0.0176. The zero-order valence-electron chi connectivity index (χ0n) is 24.3. The van der Waals surface area contributed by atoms with Gasteiger partial charge in [0.1, 0.15) is 0 Å². The molecule has 3 atom stereocenters. The molecule has 0 spiro atoms. The molecule has 7 heteroatoms. The molecule has 42 heavy (non-hydrogen) atoms. The Hall–Kier alpha value is -3.88. The Morgan fingerprint density at radius 2 is 1.71 bits per heavy atom. The predicted octanol–water partition coefficient (Wildman–Crippen LogP) is 5.60. The minimum Gasteiger partial charge on any atom is -0.392 e. The first-order valence-electron chi connectivity index (χ1n) is 14.5. The highest BCUT2D eigenvalue weighted by Gasteiger charge is 2.32. The number of nitrogens with one attached hydrogen (secondary N) is 1. The number of hydrogen-bond donors (Lipinski definition) is 2. The highest BCUT2D eigenvalue weighted by atomic mass is 16.7. The number of nitrogens with zero attached hydrogens (tertiary/aromatic N) is 2. The van der Waals surface area contributed by atoms with Crippen LogP contribution in [0.25, 0.3) is 11.1 Å². The maximum atomic E-state index is 11.3. The molecule has 0 aliphatic carbocycles. The molecule has 1 fully saturated rings. The van der Waals surface area contributed by atoms with E-state index in [1.807, 2.05) is 54.7 Å². The molecule has 0 bridgehead atoms. The monoisotopic (exact) mass is 565 g/mol. The maximum absolute atomic E-state index is 11.3. The van der Waals surface area contributed by atoms with Crippen molar-refractivity contribution in [2.45, 2.75) is 51.4 Å². The molecule has 1 saturated heterocycles. The van der Waals surface area contributed by atoms with Gasteiger partial charge >= 0.3 is 0 Å². The lowest BCUT2D eigenvalue weighted by atomic mass is 9.99. The smallest absolute Gasteiger partial charge is 0.217 e. The van der Waals surface area contributed by atoms with Crippen molar-refractivity contribution in [3.8, 4) is 11.1 Å². The molecule has 2 heterocycles. The Morgan fingerprint density at radius 1 is 0.929 bits per heavy atom. The molecule has 1 aromatic heterocycles. The van der Waals surface area contributed by atoms with E-state index in [-0.39, 0.29) is 24.7 Å². The van der Waals surface area contributed by atoms with Gasteiger partial charge in [-0.25, -0.2) is 0 Å². The van der Waals surface area contributed by atoms with Crippen LogP contribution in [0.3, 0.4) is 0 Å². The molecular weight excluding hydrogens is 526 g/mol. The predicted molar refractivity (Wildman–Crippen MR) is 163 cm³/mol. The van der Waals surface area contributed by atoms with Crippen molar-refractivity contribution in [2.75, 3.05) is 20.1 Å². The van der Waals surface area contributed by atoms with Crippen LogP contribution in [0.15, 0.2) is 97.2 Å². The summed E-state index contributed by atoms with van der Waals surface area (Å²) in [6.45, 7) is 3.70. The van der Waals surface area contributed by atoms with Gasteiger partial charge in [-0.2, -0.15) is 0 Å². The van der Waals surface area contributed by atoms with Gasteiger partial charge in [0, 0.05) is 56.9 Å². The second-order valence-electron chi connectivity index (χ2n) is 10.9. The Morgan fingerprint density at radius 3 is 2.43 bits per heavy atom. The summed E-state index contributed by atoms with van der Waals surface area (Å²) in [5.74, 6) is -0.0439. The van der Waals surface area contributed by atoms with Crippen molar-refractivity contribution in [2.24, 2.45) is 0 Å². The molecule has 1 aliphatic rings. The Kier molecular flexibility index (Phi) is 10.1. The van der Waals surface area contributed by atoms with Gasteiger partial charge in [0.05, 0.1) is 18.8 Å². The number of aliphatic hydroxyl groups is 1. The molecule has 218 valence electrons. The first-order chi connectivity index (χ1) is 20.5. The average molecular weight is 566 g/mol. The largest absolute Gasteiger partial charge is 0.392 e. The number of likely N-dealkylation sites (N-methyl/N-ethyl adjacent to an activating group) is 1. The van der Waals surface area contributed by atoms with Crippen LogP contribution in [0.4, 0.5) is 0 Å². The van der Waals surface area contributed by atoms with Gasteiger partial charge in [-0.05, 0) is 53.1 Å². The lowest BCUT2D eigenvalue weighted by Gasteiger charge is -2.38. The molecule has 7 nitrogen and oxygen atoms in total. The summed E-state index contributed by atoms with van der Waals surface area (Å²) in [6.07, 6.45) is 2.80. The van der Waals surface area contributed by atoms with Gasteiger partial charge in [0.25, 0.3) is 0 Å². The van der Waals surface area contributed by atoms with E-state index in [4.69, 9.17) is 9.47 Å². The zero-order valence-corrected chi connectivity index (χ0v) is 24.3. The number of amides is 1.